The average Bonchev–Trinajstić information content (AvgIpc) is 2.19. The molecule has 0 fully saturated rings. The Hall–Kier alpha value is -0.730. The van der Waals surface area contributed by atoms with E-state index in [2.05, 4.69) is 6.58 Å². The highest BCUT2D eigenvalue weighted by Gasteiger charge is 1.93. The molecular formula is C11H14OS. The third-order valence-corrected chi connectivity index (χ3v) is 2.74. The van der Waals surface area contributed by atoms with Gasteiger partial charge in [0.25, 0.3) is 0 Å². The van der Waals surface area contributed by atoms with Crippen LogP contribution in [0.5, 0.6) is 0 Å². The minimum atomic E-state index is 0.123. The molecule has 0 saturated heterocycles. The van der Waals surface area contributed by atoms with Crippen LogP contribution < -0.4 is 0 Å². The van der Waals surface area contributed by atoms with Crippen LogP contribution in [0.4, 0.5) is 0 Å². The quantitative estimate of drug-likeness (QED) is 0.442. The van der Waals surface area contributed by atoms with Crippen LogP contribution in [0.2, 0.25) is 0 Å². The molecule has 0 heterocycles. The highest BCUT2D eigenvalue weighted by atomic mass is 32.2. The lowest BCUT2D eigenvalue weighted by molar-refractivity contribution is 0.282. The van der Waals surface area contributed by atoms with Gasteiger partial charge in [0.2, 0.25) is 0 Å². The van der Waals surface area contributed by atoms with Crippen molar-refractivity contribution in [2.45, 2.75) is 17.9 Å². The van der Waals surface area contributed by atoms with Crippen molar-refractivity contribution in [3.05, 3.63) is 42.5 Å². The largest absolute Gasteiger partial charge is 0.392 e. The number of benzene rings is 1. The van der Waals surface area contributed by atoms with E-state index in [1.807, 2.05) is 42.1 Å². The summed E-state index contributed by atoms with van der Waals surface area (Å²) in [6, 6.07) is 7.99. The van der Waals surface area contributed by atoms with E-state index in [1.165, 1.54) is 4.90 Å². The number of rotatable bonds is 5. The zero-order chi connectivity index (χ0) is 9.52. The first kappa shape index (κ1) is 10.4. The Morgan fingerprint density at radius 1 is 1.31 bits per heavy atom. The predicted octanol–water partition coefficient (Wildman–Crippen LogP) is 2.85. The number of hydrogen-bond donors (Lipinski definition) is 1. The molecular weight excluding hydrogens is 180 g/mol. The summed E-state index contributed by atoms with van der Waals surface area (Å²) in [7, 11) is 0. The fraction of sp³-hybridized carbons (Fsp3) is 0.273. The van der Waals surface area contributed by atoms with E-state index < -0.39 is 0 Å². The molecule has 1 nitrogen and oxygen atoms in total. The van der Waals surface area contributed by atoms with E-state index in [9.17, 15) is 0 Å². The normalized spacial score (nSPS) is 9.92. The van der Waals surface area contributed by atoms with Crippen LogP contribution in [-0.4, -0.2) is 10.9 Å². The molecule has 0 radical (unpaired) electrons. The van der Waals surface area contributed by atoms with Crippen LogP contribution in [0.1, 0.15) is 12.0 Å². The molecule has 0 spiro atoms. The number of aliphatic hydroxyl groups excluding tert-OH is 1. The summed E-state index contributed by atoms with van der Waals surface area (Å²) in [5.41, 5.74) is 0.966. The van der Waals surface area contributed by atoms with Crippen LogP contribution in [0.25, 0.3) is 0 Å². The number of allylic oxidation sites excluding steroid dienone is 1. The summed E-state index contributed by atoms with van der Waals surface area (Å²) >= 11 is 1.81. The van der Waals surface area contributed by atoms with Gasteiger partial charge >= 0.3 is 0 Å². The van der Waals surface area contributed by atoms with Gasteiger partial charge in [0, 0.05) is 10.6 Å². The molecule has 1 aromatic rings. The molecule has 1 rings (SSSR count). The molecule has 0 aliphatic carbocycles. The van der Waals surface area contributed by atoms with Crippen LogP contribution >= 0.6 is 11.8 Å². The van der Waals surface area contributed by atoms with Crippen molar-refractivity contribution in [3.63, 3.8) is 0 Å². The molecule has 0 saturated carbocycles. The lowest BCUT2D eigenvalue weighted by Crippen LogP contribution is -1.82. The van der Waals surface area contributed by atoms with E-state index in [1.54, 1.807) is 0 Å². The fourth-order valence-electron chi connectivity index (χ4n) is 0.951. The van der Waals surface area contributed by atoms with Crippen LogP contribution in [0, 0.1) is 0 Å². The van der Waals surface area contributed by atoms with Crippen molar-refractivity contribution < 1.29 is 5.11 Å². The van der Waals surface area contributed by atoms with Crippen molar-refractivity contribution in [3.8, 4) is 0 Å². The maximum Gasteiger partial charge on any atom is 0.0681 e. The maximum atomic E-state index is 8.82. The Labute approximate surface area is 83.5 Å². The topological polar surface area (TPSA) is 20.2 Å². The van der Waals surface area contributed by atoms with E-state index in [0.29, 0.717) is 0 Å². The van der Waals surface area contributed by atoms with E-state index in [0.717, 1.165) is 17.7 Å². The first-order chi connectivity index (χ1) is 6.36. The van der Waals surface area contributed by atoms with Gasteiger partial charge in [-0.05, 0) is 24.1 Å². The Kier molecular flexibility index (Phi) is 4.65. The van der Waals surface area contributed by atoms with Gasteiger partial charge in [0.15, 0.2) is 0 Å². The highest BCUT2D eigenvalue weighted by Crippen LogP contribution is 2.19. The summed E-state index contributed by atoms with van der Waals surface area (Å²) in [6.07, 6.45) is 2.96. The van der Waals surface area contributed by atoms with Gasteiger partial charge in [-0.2, -0.15) is 0 Å². The van der Waals surface area contributed by atoms with Crippen LogP contribution in [0.15, 0.2) is 41.8 Å². The minimum absolute atomic E-state index is 0.123. The van der Waals surface area contributed by atoms with Crippen molar-refractivity contribution in [2.75, 3.05) is 5.75 Å². The fourth-order valence-corrected chi connectivity index (χ4v) is 1.80. The van der Waals surface area contributed by atoms with Crippen molar-refractivity contribution in [1.29, 1.82) is 0 Å². The Morgan fingerprint density at radius 3 is 2.54 bits per heavy atom. The lowest BCUT2D eigenvalue weighted by atomic mass is 10.2. The summed E-state index contributed by atoms with van der Waals surface area (Å²) < 4.78 is 0. The Balaban J connectivity index is 2.44. The Bertz CT molecular complexity index is 253. The third-order valence-electron chi connectivity index (χ3n) is 1.70. The van der Waals surface area contributed by atoms with Crippen LogP contribution in [0.3, 0.4) is 0 Å². The maximum absolute atomic E-state index is 8.82. The van der Waals surface area contributed by atoms with Gasteiger partial charge in [-0.3, -0.25) is 0 Å². The number of thioether (sulfide) groups is 1. The summed E-state index contributed by atoms with van der Waals surface area (Å²) in [5, 5.41) is 8.82. The lowest BCUT2D eigenvalue weighted by Gasteiger charge is -2.00. The van der Waals surface area contributed by atoms with Gasteiger partial charge in [-0.15, -0.1) is 18.3 Å². The summed E-state index contributed by atoms with van der Waals surface area (Å²) in [4.78, 5) is 1.25. The molecule has 70 valence electrons. The van der Waals surface area contributed by atoms with Gasteiger partial charge in [0.05, 0.1) is 6.61 Å². The van der Waals surface area contributed by atoms with E-state index in [-0.39, 0.29) is 6.61 Å². The average molecular weight is 194 g/mol. The highest BCUT2D eigenvalue weighted by molar-refractivity contribution is 7.99. The van der Waals surface area contributed by atoms with E-state index in [4.69, 9.17) is 5.11 Å². The van der Waals surface area contributed by atoms with Gasteiger partial charge in [-0.1, -0.05) is 18.2 Å². The molecule has 13 heavy (non-hydrogen) atoms. The van der Waals surface area contributed by atoms with Gasteiger partial charge < -0.3 is 5.11 Å². The van der Waals surface area contributed by atoms with E-state index >= 15 is 0 Å². The summed E-state index contributed by atoms with van der Waals surface area (Å²) in [5.74, 6) is 1.07. The van der Waals surface area contributed by atoms with Gasteiger partial charge in [-0.25, -0.2) is 0 Å². The molecule has 0 unspecified atom stereocenters. The first-order valence-corrected chi connectivity index (χ1v) is 5.29. The molecule has 0 atom stereocenters. The number of aliphatic hydroxyl groups is 1. The molecule has 0 aromatic heterocycles. The predicted molar refractivity (Wildman–Crippen MR) is 57.9 cm³/mol. The summed E-state index contributed by atoms with van der Waals surface area (Å²) in [6.45, 7) is 3.80. The van der Waals surface area contributed by atoms with Crippen molar-refractivity contribution >= 4 is 11.8 Å². The molecule has 0 bridgehead atoms. The van der Waals surface area contributed by atoms with Crippen molar-refractivity contribution in [2.24, 2.45) is 0 Å². The standard InChI is InChI=1S/C11H14OS/c1-2-3-8-13-11-6-4-10(9-12)5-7-11/h2,4-7,12H,1,3,8-9H2. The SMILES string of the molecule is C=CCCSc1ccc(CO)cc1. The molecule has 1 aromatic carbocycles. The number of hydrogen-bond acceptors (Lipinski definition) is 2. The third kappa shape index (κ3) is 3.66. The second kappa shape index (κ2) is 5.84. The first-order valence-electron chi connectivity index (χ1n) is 4.30. The second-order valence-electron chi connectivity index (χ2n) is 2.73. The zero-order valence-electron chi connectivity index (χ0n) is 7.57. The molecule has 1 N–H and O–H groups in total. The molecule has 0 aliphatic rings. The second-order valence-corrected chi connectivity index (χ2v) is 3.90. The minimum Gasteiger partial charge on any atom is -0.392 e. The molecule has 0 amide bonds. The molecule has 0 aliphatic heterocycles. The van der Waals surface area contributed by atoms with Gasteiger partial charge in [0.1, 0.15) is 0 Å². The smallest absolute Gasteiger partial charge is 0.0681 e. The van der Waals surface area contributed by atoms with Crippen molar-refractivity contribution in [1.82, 2.24) is 0 Å². The zero-order valence-corrected chi connectivity index (χ0v) is 8.39. The Morgan fingerprint density at radius 2 is 2.00 bits per heavy atom. The molecule has 2 heteroatoms. The van der Waals surface area contributed by atoms with Crippen LogP contribution in [-0.2, 0) is 6.61 Å². The monoisotopic (exact) mass is 194 g/mol.